The minimum atomic E-state index is -0.879. The summed E-state index contributed by atoms with van der Waals surface area (Å²) in [6.07, 6.45) is 2.06. The van der Waals surface area contributed by atoms with Gasteiger partial charge in [-0.3, -0.25) is 9.59 Å². The van der Waals surface area contributed by atoms with Crippen LogP contribution in [-0.4, -0.2) is 34.0 Å². The Balaban J connectivity index is 2.07. The highest BCUT2D eigenvalue weighted by atomic mass is 32.2. The molecule has 0 radical (unpaired) electrons. The van der Waals surface area contributed by atoms with Gasteiger partial charge in [-0.2, -0.15) is 0 Å². The van der Waals surface area contributed by atoms with Crippen LogP contribution >= 0.6 is 11.8 Å². The van der Waals surface area contributed by atoms with Crippen molar-refractivity contribution in [1.82, 2.24) is 5.32 Å². The monoisotopic (exact) mass is 203 g/mol. The normalized spacial score (nSPS) is 17.9. The van der Waals surface area contributed by atoms with Crippen molar-refractivity contribution in [1.29, 1.82) is 0 Å². The molecule has 1 aliphatic carbocycles. The van der Waals surface area contributed by atoms with Crippen molar-refractivity contribution in [3.63, 3.8) is 0 Å². The lowest BCUT2D eigenvalue weighted by Crippen LogP contribution is -2.35. The average Bonchev–Trinajstić information content (AvgIpc) is 2.66. The van der Waals surface area contributed by atoms with Crippen LogP contribution in [0.25, 0.3) is 0 Å². The highest BCUT2D eigenvalue weighted by Crippen LogP contribution is 2.34. The van der Waals surface area contributed by atoms with Gasteiger partial charge in [-0.1, -0.05) is 0 Å². The first kappa shape index (κ1) is 10.4. The Morgan fingerprint density at radius 1 is 1.46 bits per heavy atom. The van der Waals surface area contributed by atoms with E-state index in [1.54, 1.807) is 0 Å². The number of carbonyl (C=O) groups is 2. The summed E-state index contributed by atoms with van der Waals surface area (Å²) in [5.41, 5.74) is 0.000860. The average molecular weight is 203 g/mol. The lowest BCUT2D eigenvalue weighted by Gasteiger charge is -2.10. The summed E-state index contributed by atoms with van der Waals surface area (Å²) in [4.78, 5) is 21.3. The molecule has 0 heterocycles. The van der Waals surface area contributed by atoms with Crippen molar-refractivity contribution >= 4 is 23.6 Å². The second-order valence-electron chi connectivity index (χ2n) is 3.50. The first-order valence-electron chi connectivity index (χ1n) is 4.12. The van der Waals surface area contributed by atoms with E-state index in [1.165, 1.54) is 0 Å². The fraction of sp³-hybridized carbons (Fsp3) is 0.750. The molecule has 1 saturated carbocycles. The Bertz CT molecular complexity index is 225. The van der Waals surface area contributed by atoms with Gasteiger partial charge in [-0.05, 0) is 19.8 Å². The molecule has 0 spiro atoms. The number of thioether (sulfide) groups is 1. The minimum absolute atomic E-state index is 0.000860. The van der Waals surface area contributed by atoms with Gasteiger partial charge in [0.1, 0.15) is 0 Å². The van der Waals surface area contributed by atoms with Crippen molar-refractivity contribution in [2.75, 3.05) is 11.5 Å². The molecule has 4 nitrogen and oxygen atoms in total. The molecule has 0 saturated heterocycles. The number of carbonyl (C=O) groups excluding carboxylic acids is 1. The zero-order valence-electron chi connectivity index (χ0n) is 7.50. The summed E-state index contributed by atoms with van der Waals surface area (Å²) in [5.74, 6) is -0.715. The number of carboxylic acid groups (broad SMARTS) is 1. The molecule has 0 unspecified atom stereocenters. The third-order valence-electron chi connectivity index (χ3n) is 1.90. The van der Waals surface area contributed by atoms with Crippen LogP contribution in [0, 0.1) is 0 Å². The van der Waals surface area contributed by atoms with Gasteiger partial charge in [0.05, 0.1) is 11.5 Å². The van der Waals surface area contributed by atoms with Crippen molar-refractivity contribution in [2.24, 2.45) is 0 Å². The standard InChI is InChI=1S/C8H13NO3S/c1-8(2-3-8)9-6(10)4-13-5-7(11)12/h2-5H2,1H3,(H,9,10)(H,11,12). The van der Waals surface area contributed by atoms with Gasteiger partial charge in [0, 0.05) is 5.54 Å². The summed E-state index contributed by atoms with van der Waals surface area (Å²) < 4.78 is 0. The molecule has 74 valence electrons. The molecule has 0 aliphatic heterocycles. The molecule has 0 aromatic rings. The van der Waals surface area contributed by atoms with Crippen LogP contribution in [0.3, 0.4) is 0 Å². The van der Waals surface area contributed by atoms with E-state index in [2.05, 4.69) is 5.32 Å². The Kier molecular flexibility index (Phi) is 3.19. The quantitative estimate of drug-likeness (QED) is 0.681. The molecule has 0 aromatic carbocycles. The maximum absolute atomic E-state index is 11.2. The second-order valence-corrected chi connectivity index (χ2v) is 4.48. The first-order valence-corrected chi connectivity index (χ1v) is 5.28. The summed E-state index contributed by atoms with van der Waals surface area (Å²) in [6, 6.07) is 0. The summed E-state index contributed by atoms with van der Waals surface area (Å²) in [7, 11) is 0. The van der Waals surface area contributed by atoms with Gasteiger partial charge < -0.3 is 10.4 Å². The number of nitrogens with one attached hydrogen (secondary N) is 1. The van der Waals surface area contributed by atoms with E-state index in [4.69, 9.17) is 5.11 Å². The molecular formula is C8H13NO3S. The van der Waals surface area contributed by atoms with Crippen LogP contribution in [0.2, 0.25) is 0 Å². The van der Waals surface area contributed by atoms with Crippen molar-refractivity contribution < 1.29 is 14.7 Å². The van der Waals surface area contributed by atoms with Crippen LogP contribution in [0.4, 0.5) is 0 Å². The summed E-state index contributed by atoms with van der Waals surface area (Å²) in [5, 5.41) is 11.2. The van der Waals surface area contributed by atoms with Gasteiger partial charge >= 0.3 is 5.97 Å². The highest BCUT2D eigenvalue weighted by molar-refractivity contribution is 8.00. The maximum atomic E-state index is 11.2. The summed E-state index contributed by atoms with van der Waals surface area (Å²) in [6.45, 7) is 1.99. The van der Waals surface area contributed by atoms with E-state index in [1.807, 2.05) is 6.92 Å². The molecule has 1 amide bonds. The van der Waals surface area contributed by atoms with Crippen LogP contribution < -0.4 is 5.32 Å². The van der Waals surface area contributed by atoms with E-state index in [9.17, 15) is 9.59 Å². The number of rotatable bonds is 5. The molecule has 13 heavy (non-hydrogen) atoms. The Morgan fingerprint density at radius 3 is 2.54 bits per heavy atom. The number of aliphatic carboxylic acids is 1. The fourth-order valence-corrected chi connectivity index (χ4v) is 1.45. The van der Waals surface area contributed by atoms with Gasteiger partial charge in [0.25, 0.3) is 0 Å². The van der Waals surface area contributed by atoms with Gasteiger partial charge in [-0.25, -0.2) is 0 Å². The second kappa shape index (κ2) is 4.00. The molecular weight excluding hydrogens is 190 g/mol. The van der Waals surface area contributed by atoms with Gasteiger partial charge in [0.2, 0.25) is 5.91 Å². The van der Waals surface area contributed by atoms with Crippen LogP contribution in [0.5, 0.6) is 0 Å². The molecule has 5 heteroatoms. The number of hydrogen-bond acceptors (Lipinski definition) is 3. The number of amides is 1. The highest BCUT2D eigenvalue weighted by Gasteiger charge is 2.38. The number of hydrogen-bond donors (Lipinski definition) is 2. The predicted molar refractivity (Wildman–Crippen MR) is 50.7 cm³/mol. The van der Waals surface area contributed by atoms with Gasteiger partial charge in [-0.15, -0.1) is 11.8 Å². The zero-order chi connectivity index (χ0) is 9.90. The van der Waals surface area contributed by atoms with E-state index in [0.29, 0.717) is 0 Å². The molecule has 0 aromatic heterocycles. The smallest absolute Gasteiger partial charge is 0.313 e. The molecule has 2 N–H and O–H groups in total. The molecule has 0 atom stereocenters. The van der Waals surface area contributed by atoms with E-state index >= 15 is 0 Å². The number of carboxylic acids is 1. The van der Waals surface area contributed by atoms with E-state index < -0.39 is 5.97 Å². The Hall–Kier alpha value is -0.710. The lowest BCUT2D eigenvalue weighted by atomic mass is 10.3. The molecule has 1 fully saturated rings. The van der Waals surface area contributed by atoms with Crippen LogP contribution in [0.1, 0.15) is 19.8 Å². The zero-order valence-corrected chi connectivity index (χ0v) is 8.32. The summed E-state index contributed by atoms with van der Waals surface area (Å²) >= 11 is 1.13. The van der Waals surface area contributed by atoms with Crippen LogP contribution in [0.15, 0.2) is 0 Å². The van der Waals surface area contributed by atoms with Crippen molar-refractivity contribution in [3.05, 3.63) is 0 Å². The topological polar surface area (TPSA) is 66.4 Å². The fourth-order valence-electron chi connectivity index (χ4n) is 0.916. The first-order chi connectivity index (χ1) is 6.02. The van der Waals surface area contributed by atoms with E-state index in [-0.39, 0.29) is 23.0 Å². The maximum Gasteiger partial charge on any atom is 0.313 e. The SMILES string of the molecule is CC1(NC(=O)CSCC(=O)O)CC1. The largest absolute Gasteiger partial charge is 0.481 e. The Morgan fingerprint density at radius 2 is 2.08 bits per heavy atom. The third kappa shape index (κ3) is 4.17. The Labute approximate surface area is 81.1 Å². The van der Waals surface area contributed by atoms with Crippen molar-refractivity contribution in [3.8, 4) is 0 Å². The van der Waals surface area contributed by atoms with E-state index in [0.717, 1.165) is 24.6 Å². The third-order valence-corrected chi connectivity index (χ3v) is 2.82. The predicted octanol–water partition coefficient (Wildman–Crippen LogP) is 0.473. The van der Waals surface area contributed by atoms with Crippen LogP contribution in [-0.2, 0) is 9.59 Å². The molecule has 0 bridgehead atoms. The lowest BCUT2D eigenvalue weighted by molar-refractivity contribution is -0.133. The van der Waals surface area contributed by atoms with Gasteiger partial charge in [0.15, 0.2) is 0 Å². The minimum Gasteiger partial charge on any atom is -0.481 e. The molecule has 1 aliphatic rings. The molecule has 1 rings (SSSR count). The van der Waals surface area contributed by atoms with Crippen molar-refractivity contribution in [2.45, 2.75) is 25.3 Å².